The van der Waals surface area contributed by atoms with E-state index in [2.05, 4.69) is 26.8 Å². The van der Waals surface area contributed by atoms with Crippen LogP contribution < -0.4 is 10.5 Å². The van der Waals surface area contributed by atoms with Crippen molar-refractivity contribution in [2.24, 2.45) is 5.73 Å². The van der Waals surface area contributed by atoms with Gasteiger partial charge < -0.3 is 15.2 Å². The summed E-state index contributed by atoms with van der Waals surface area (Å²) in [5.74, 6) is 0.922. The van der Waals surface area contributed by atoms with E-state index in [-0.39, 0.29) is 11.7 Å². The Morgan fingerprint density at radius 2 is 2.22 bits per heavy atom. The van der Waals surface area contributed by atoms with Crippen LogP contribution in [0.3, 0.4) is 0 Å². The molecular formula is C15H23NO2. The molecular weight excluding hydrogens is 226 g/mol. The molecule has 1 aromatic carbocycles. The molecule has 1 aromatic rings. The van der Waals surface area contributed by atoms with Gasteiger partial charge in [0.1, 0.15) is 12.4 Å². The zero-order valence-corrected chi connectivity index (χ0v) is 11.5. The van der Waals surface area contributed by atoms with Crippen LogP contribution in [-0.4, -0.2) is 18.3 Å². The Labute approximate surface area is 109 Å². The van der Waals surface area contributed by atoms with E-state index >= 15 is 0 Å². The summed E-state index contributed by atoms with van der Waals surface area (Å²) in [6, 6.07) is 6.11. The van der Waals surface area contributed by atoms with Crippen molar-refractivity contribution in [2.75, 3.05) is 6.61 Å². The third-order valence-electron chi connectivity index (χ3n) is 3.47. The molecule has 1 aliphatic rings. The third kappa shape index (κ3) is 3.24. The maximum atomic E-state index is 5.92. The highest BCUT2D eigenvalue weighted by Gasteiger charge is 2.31. The smallest absolute Gasteiger partial charge is 0.122 e. The lowest BCUT2D eigenvalue weighted by molar-refractivity contribution is -0.0327. The largest absolute Gasteiger partial charge is 0.491 e. The number of aryl methyl sites for hydroxylation is 1. The third-order valence-corrected chi connectivity index (χ3v) is 3.47. The number of benzene rings is 1. The molecule has 0 radical (unpaired) electrons. The van der Waals surface area contributed by atoms with Crippen molar-refractivity contribution in [1.29, 1.82) is 0 Å². The standard InChI is InChI=1S/C15H23NO2/c1-11-4-5-12(9-16)8-14(11)17-10-13-6-7-15(2,3)18-13/h4-5,8,13H,6-7,9-10,16H2,1-3H3. The van der Waals surface area contributed by atoms with Crippen LogP contribution in [0.4, 0.5) is 0 Å². The van der Waals surface area contributed by atoms with E-state index in [0.29, 0.717) is 13.2 Å². The highest BCUT2D eigenvalue weighted by Crippen LogP contribution is 2.30. The Bertz CT molecular complexity index is 415. The van der Waals surface area contributed by atoms with Gasteiger partial charge in [0.25, 0.3) is 0 Å². The zero-order valence-electron chi connectivity index (χ0n) is 11.5. The van der Waals surface area contributed by atoms with E-state index < -0.39 is 0 Å². The van der Waals surface area contributed by atoms with Crippen molar-refractivity contribution in [3.63, 3.8) is 0 Å². The van der Waals surface area contributed by atoms with Gasteiger partial charge in [-0.2, -0.15) is 0 Å². The molecule has 1 aliphatic heterocycles. The second kappa shape index (κ2) is 5.29. The molecule has 1 unspecified atom stereocenters. The van der Waals surface area contributed by atoms with Crippen LogP contribution in [0.2, 0.25) is 0 Å². The van der Waals surface area contributed by atoms with Crippen LogP contribution in [0.1, 0.15) is 37.8 Å². The predicted molar refractivity (Wildman–Crippen MR) is 72.8 cm³/mol. The minimum atomic E-state index is 0.00216. The number of nitrogens with two attached hydrogens (primary N) is 1. The maximum absolute atomic E-state index is 5.92. The van der Waals surface area contributed by atoms with Gasteiger partial charge in [-0.3, -0.25) is 0 Å². The fourth-order valence-corrected chi connectivity index (χ4v) is 2.30. The molecule has 1 atom stereocenters. The Kier molecular flexibility index (Phi) is 3.93. The molecule has 1 fully saturated rings. The van der Waals surface area contributed by atoms with Crippen LogP contribution in [0.5, 0.6) is 5.75 Å². The minimum absolute atomic E-state index is 0.00216. The highest BCUT2D eigenvalue weighted by molar-refractivity contribution is 5.36. The number of hydrogen-bond donors (Lipinski definition) is 1. The van der Waals surface area contributed by atoms with E-state index in [0.717, 1.165) is 29.7 Å². The highest BCUT2D eigenvalue weighted by atomic mass is 16.6. The zero-order chi connectivity index (χ0) is 13.2. The molecule has 2 N–H and O–H groups in total. The summed E-state index contributed by atoms with van der Waals surface area (Å²) in [6.07, 6.45) is 2.38. The van der Waals surface area contributed by atoms with Gasteiger partial charge in [0, 0.05) is 6.54 Å². The lowest BCUT2D eigenvalue weighted by Gasteiger charge is -2.20. The summed E-state index contributed by atoms with van der Waals surface area (Å²) in [5, 5.41) is 0. The topological polar surface area (TPSA) is 44.5 Å². The van der Waals surface area contributed by atoms with Crippen molar-refractivity contribution in [3.05, 3.63) is 29.3 Å². The summed E-state index contributed by atoms with van der Waals surface area (Å²) in [7, 11) is 0. The van der Waals surface area contributed by atoms with E-state index in [1.165, 1.54) is 0 Å². The van der Waals surface area contributed by atoms with Gasteiger partial charge in [-0.25, -0.2) is 0 Å². The first-order valence-electron chi connectivity index (χ1n) is 6.60. The molecule has 0 aromatic heterocycles. The first-order chi connectivity index (χ1) is 8.50. The molecule has 3 heteroatoms. The Hall–Kier alpha value is -1.06. The van der Waals surface area contributed by atoms with Crippen LogP contribution in [-0.2, 0) is 11.3 Å². The summed E-state index contributed by atoms with van der Waals surface area (Å²) in [6.45, 7) is 7.48. The summed E-state index contributed by atoms with van der Waals surface area (Å²) in [4.78, 5) is 0. The Morgan fingerprint density at radius 1 is 1.44 bits per heavy atom. The number of rotatable bonds is 4. The molecule has 1 heterocycles. The van der Waals surface area contributed by atoms with Gasteiger partial charge >= 0.3 is 0 Å². The van der Waals surface area contributed by atoms with Gasteiger partial charge in [-0.05, 0) is 50.8 Å². The average Bonchev–Trinajstić information content (AvgIpc) is 2.68. The van der Waals surface area contributed by atoms with Gasteiger partial charge in [-0.15, -0.1) is 0 Å². The SMILES string of the molecule is Cc1ccc(CN)cc1OCC1CCC(C)(C)O1. The van der Waals surface area contributed by atoms with Crippen LogP contribution in [0.15, 0.2) is 18.2 Å². The first kappa shape index (κ1) is 13.4. The number of hydrogen-bond acceptors (Lipinski definition) is 3. The van der Waals surface area contributed by atoms with Gasteiger partial charge in [0.05, 0.1) is 11.7 Å². The lowest BCUT2D eigenvalue weighted by Crippen LogP contribution is -2.24. The number of ether oxygens (including phenoxy) is 2. The molecule has 0 spiro atoms. The van der Waals surface area contributed by atoms with Gasteiger partial charge in [0.2, 0.25) is 0 Å². The molecule has 2 rings (SSSR count). The fraction of sp³-hybridized carbons (Fsp3) is 0.600. The monoisotopic (exact) mass is 249 g/mol. The van der Waals surface area contributed by atoms with Crippen molar-refractivity contribution in [3.8, 4) is 5.75 Å². The summed E-state index contributed by atoms with van der Waals surface area (Å²) >= 11 is 0. The molecule has 3 nitrogen and oxygen atoms in total. The normalized spacial score (nSPS) is 22.1. The molecule has 0 aliphatic carbocycles. The van der Waals surface area contributed by atoms with E-state index in [9.17, 15) is 0 Å². The summed E-state index contributed by atoms with van der Waals surface area (Å²) in [5.41, 5.74) is 7.89. The minimum Gasteiger partial charge on any atom is -0.491 e. The lowest BCUT2D eigenvalue weighted by atomic mass is 10.1. The Morgan fingerprint density at radius 3 is 2.83 bits per heavy atom. The van der Waals surface area contributed by atoms with Crippen LogP contribution >= 0.6 is 0 Å². The van der Waals surface area contributed by atoms with E-state index in [1.807, 2.05) is 12.1 Å². The molecule has 1 saturated heterocycles. The maximum Gasteiger partial charge on any atom is 0.122 e. The fourth-order valence-electron chi connectivity index (χ4n) is 2.30. The average molecular weight is 249 g/mol. The van der Waals surface area contributed by atoms with Crippen LogP contribution in [0, 0.1) is 6.92 Å². The molecule has 18 heavy (non-hydrogen) atoms. The quantitative estimate of drug-likeness (QED) is 0.892. The van der Waals surface area contributed by atoms with Gasteiger partial charge in [0.15, 0.2) is 0 Å². The Balaban J connectivity index is 1.94. The molecule has 0 saturated carbocycles. The second-order valence-corrected chi connectivity index (χ2v) is 5.65. The van der Waals surface area contributed by atoms with E-state index in [4.69, 9.17) is 15.2 Å². The van der Waals surface area contributed by atoms with Gasteiger partial charge in [-0.1, -0.05) is 12.1 Å². The predicted octanol–water partition coefficient (Wildman–Crippen LogP) is 2.79. The molecule has 100 valence electrons. The van der Waals surface area contributed by atoms with Crippen molar-refractivity contribution in [2.45, 2.75) is 51.9 Å². The first-order valence-corrected chi connectivity index (χ1v) is 6.60. The summed E-state index contributed by atoms with van der Waals surface area (Å²) < 4.78 is 11.8. The molecule has 0 bridgehead atoms. The van der Waals surface area contributed by atoms with Crippen molar-refractivity contribution < 1.29 is 9.47 Å². The molecule has 0 amide bonds. The van der Waals surface area contributed by atoms with Crippen molar-refractivity contribution >= 4 is 0 Å². The van der Waals surface area contributed by atoms with Crippen LogP contribution in [0.25, 0.3) is 0 Å². The van der Waals surface area contributed by atoms with Crippen molar-refractivity contribution in [1.82, 2.24) is 0 Å². The second-order valence-electron chi connectivity index (χ2n) is 5.65. The van der Waals surface area contributed by atoms with E-state index in [1.54, 1.807) is 0 Å².